The number of nitrogens with one attached hydrogen (secondary N) is 1. The fraction of sp³-hybridized carbons (Fsp3) is 0.0870. The van der Waals surface area contributed by atoms with Gasteiger partial charge in [0.1, 0.15) is 5.75 Å². The van der Waals surface area contributed by atoms with Crippen LogP contribution in [0.25, 0.3) is 0 Å². The maximum Gasteiger partial charge on any atom is 0.345 e. The first kappa shape index (κ1) is 24.4. The Balaban J connectivity index is 1.59. The van der Waals surface area contributed by atoms with Gasteiger partial charge < -0.3 is 14.2 Å². The van der Waals surface area contributed by atoms with E-state index in [1.807, 2.05) is 0 Å². The smallest absolute Gasteiger partial charge is 0.345 e. The molecular weight excluding hydrogens is 491 g/mol. The molecule has 0 aromatic heterocycles. The second-order valence-corrected chi connectivity index (χ2v) is 7.69. The number of halogens is 3. The van der Waals surface area contributed by atoms with Gasteiger partial charge in [-0.25, -0.2) is 10.2 Å². The van der Waals surface area contributed by atoms with Gasteiger partial charge in [0.25, 0.3) is 5.91 Å². The molecule has 33 heavy (non-hydrogen) atoms. The van der Waals surface area contributed by atoms with Gasteiger partial charge in [-0.1, -0.05) is 46.9 Å². The average Bonchev–Trinajstić information content (AvgIpc) is 2.79. The molecule has 0 aliphatic rings. The third kappa shape index (κ3) is 6.86. The Hall–Kier alpha value is -3.26. The number of hydrazone groups is 1. The van der Waals surface area contributed by atoms with Crippen LogP contribution in [0.2, 0.25) is 15.1 Å². The molecule has 0 radical (unpaired) electrons. The van der Waals surface area contributed by atoms with E-state index >= 15 is 0 Å². The lowest BCUT2D eigenvalue weighted by Crippen LogP contribution is -2.24. The summed E-state index contributed by atoms with van der Waals surface area (Å²) in [6.07, 6.45) is 1.40. The number of amides is 1. The molecule has 0 saturated carbocycles. The molecule has 7 nitrogen and oxygen atoms in total. The summed E-state index contributed by atoms with van der Waals surface area (Å²) in [5.74, 6) is -0.271. The molecule has 3 rings (SSSR count). The Bertz CT molecular complexity index is 1200. The summed E-state index contributed by atoms with van der Waals surface area (Å²) >= 11 is 17.9. The summed E-state index contributed by atoms with van der Waals surface area (Å²) < 4.78 is 16.0. The predicted molar refractivity (Wildman–Crippen MR) is 127 cm³/mol. The highest BCUT2D eigenvalue weighted by atomic mass is 35.5. The van der Waals surface area contributed by atoms with Crippen molar-refractivity contribution < 1.29 is 23.8 Å². The molecule has 0 unspecified atom stereocenters. The molecule has 0 aliphatic carbocycles. The van der Waals surface area contributed by atoms with Gasteiger partial charge in [0, 0.05) is 5.02 Å². The van der Waals surface area contributed by atoms with Crippen LogP contribution < -0.4 is 19.6 Å². The highest BCUT2D eigenvalue weighted by Gasteiger charge is 2.16. The first-order valence-electron chi connectivity index (χ1n) is 9.42. The molecule has 0 bridgehead atoms. The van der Waals surface area contributed by atoms with E-state index in [4.69, 9.17) is 49.0 Å². The highest BCUT2D eigenvalue weighted by molar-refractivity contribution is 6.36. The quantitative estimate of drug-likeness (QED) is 0.191. The van der Waals surface area contributed by atoms with Crippen molar-refractivity contribution in [1.82, 2.24) is 5.43 Å². The number of benzene rings is 3. The van der Waals surface area contributed by atoms with Crippen molar-refractivity contribution in [2.24, 2.45) is 5.10 Å². The zero-order valence-corrected chi connectivity index (χ0v) is 19.4. The van der Waals surface area contributed by atoms with Gasteiger partial charge in [-0.2, -0.15) is 5.10 Å². The molecule has 170 valence electrons. The van der Waals surface area contributed by atoms with Crippen molar-refractivity contribution >= 4 is 52.9 Å². The molecule has 3 aromatic carbocycles. The molecule has 0 spiro atoms. The van der Waals surface area contributed by atoms with E-state index in [2.05, 4.69) is 10.5 Å². The van der Waals surface area contributed by atoms with Crippen LogP contribution in [0, 0.1) is 0 Å². The zero-order valence-electron chi connectivity index (χ0n) is 17.2. The van der Waals surface area contributed by atoms with Crippen LogP contribution in [0.5, 0.6) is 17.2 Å². The first-order valence-corrected chi connectivity index (χ1v) is 10.5. The van der Waals surface area contributed by atoms with Crippen molar-refractivity contribution in [3.8, 4) is 17.2 Å². The van der Waals surface area contributed by atoms with Gasteiger partial charge >= 0.3 is 5.97 Å². The van der Waals surface area contributed by atoms with E-state index in [-0.39, 0.29) is 28.7 Å². The van der Waals surface area contributed by atoms with Crippen molar-refractivity contribution in [2.45, 2.75) is 0 Å². The van der Waals surface area contributed by atoms with Gasteiger partial charge in [0.05, 0.1) is 28.9 Å². The van der Waals surface area contributed by atoms with Gasteiger partial charge in [-0.15, -0.1) is 0 Å². The first-order chi connectivity index (χ1) is 15.9. The largest absolute Gasteiger partial charge is 0.493 e. The Kier molecular flexibility index (Phi) is 8.54. The van der Waals surface area contributed by atoms with E-state index in [1.54, 1.807) is 36.4 Å². The van der Waals surface area contributed by atoms with Crippen LogP contribution in [-0.4, -0.2) is 31.8 Å². The summed E-state index contributed by atoms with van der Waals surface area (Å²) in [6, 6.07) is 16.0. The maximum absolute atomic E-state index is 12.4. The topological polar surface area (TPSA) is 86.2 Å². The van der Waals surface area contributed by atoms with Gasteiger partial charge in [-0.05, 0) is 54.1 Å². The zero-order chi connectivity index (χ0) is 23.8. The van der Waals surface area contributed by atoms with E-state index in [1.165, 1.54) is 37.6 Å². The van der Waals surface area contributed by atoms with Crippen LogP contribution >= 0.6 is 34.8 Å². The van der Waals surface area contributed by atoms with Gasteiger partial charge in [-0.3, -0.25) is 4.79 Å². The maximum atomic E-state index is 12.4. The third-order valence-corrected chi connectivity index (χ3v) is 5.00. The monoisotopic (exact) mass is 506 g/mol. The number of hydrogen-bond donors (Lipinski definition) is 1. The molecule has 3 aromatic rings. The molecule has 0 aliphatic heterocycles. The second-order valence-electron chi connectivity index (χ2n) is 6.44. The van der Waals surface area contributed by atoms with E-state index in [0.29, 0.717) is 21.4 Å². The lowest BCUT2D eigenvalue weighted by atomic mass is 10.2. The number of nitrogens with zero attached hydrogens (tertiary/aromatic N) is 1. The number of carbonyl (C=O) groups excluding carboxylic acids is 2. The lowest BCUT2D eigenvalue weighted by molar-refractivity contribution is -0.123. The number of rotatable bonds is 8. The number of ether oxygens (including phenoxy) is 3. The molecule has 10 heteroatoms. The fourth-order valence-electron chi connectivity index (χ4n) is 2.57. The van der Waals surface area contributed by atoms with Crippen molar-refractivity contribution in [2.75, 3.05) is 13.7 Å². The fourth-order valence-corrected chi connectivity index (χ4v) is 3.25. The number of esters is 1. The van der Waals surface area contributed by atoms with Crippen molar-refractivity contribution in [3.63, 3.8) is 0 Å². The Morgan fingerprint density at radius 2 is 1.73 bits per heavy atom. The molecule has 1 N–H and O–H groups in total. The number of hydrogen-bond acceptors (Lipinski definition) is 6. The number of para-hydroxylation sites is 1. The molecular formula is C23H17Cl3N2O5. The molecule has 0 saturated heterocycles. The second kappa shape index (κ2) is 11.6. The Labute approximate surface area is 204 Å². The average molecular weight is 508 g/mol. The normalized spacial score (nSPS) is 10.7. The summed E-state index contributed by atoms with van der Waals surface area (Å²) in [5.41, 5.74) is 3.10. The minimum Gasteiger partial charge on any atom is -0.493 e. The molecule has 0 atom stereocenters. The van der Waals surface area contributed by atoms with Crippen LogP contribution in [-0.2, 0) is 4.79 Å². The standard InChI is InChI=1S/C23H17Cl3N2O5/c1-31-21-10-14(12-27-28-22(29)13-32-19-5-3-2-4-17(19)25)6-9-20(21)33-23(30)16-8-7-15(24)11-18(16)26/h2-12H,13H2,1H3,(H,28,29)/b27-12-. The number of methoxy groups -OCH3 is 1. The minimum atomic E-state index is -0.665. The predicted octanol–water partition coefficient (Wildman–Crippen LogP) is 5.40. The van der Waals surface area contributed by atoms with Gasteiger partial charge in [0.2, 0.25) is 0 Å². The molecule has 0 heterocycles. The summed E-state index contributed by atoms with van der Waals surface area (Å²) in [7, 11) is 1.43. The van der Waals surface area contributed by atoms with E-state index in [0.717, 1.165) is 0 Å². The van der Waals surface area contributed by atoms with Gasteiger partial charge in [0.15, 0.2) is 18.1 Å². The molecule has 0 fully saturated rings. The van der Waals surface area contributed by atoms with Crippen LogP contribution in [0.3, 0.4) is 0 Å². The number of carbonyl (C=O) groups is 2. The summed E-state index contributed by atoms with van der Waals surface area (Å²) in [5, 5.41) is 4.86. The van der Waals surface area contributed by atoms with Crippen LogP contribution in [0.4, 0.5) is 0 Å². The third-order valence-electron chi connectivity index (χ3n) is 4.14. The lowest BCUT2D eigenvalue weighted by Gasteiger charge is -2.10. The van der Waals surface area contributed by atoms with Crippen LogP contribution in [0.15, 0.2) is 65.8 Å². The molecule has 1 amide bonds. The minimum absolute atomic E-state index is 0.162. The van der Waals surface area contributed by atoms with E-state index < -0.39 is 11.9 Å². The highest BCUT2D eigenvalue weighted by Crippen LogP contribution is 2.30. The summed E-state index contributed by atoms with van der Waals surface area (Å²) in [6.45, 7) is -0.257. The van der Waals surface area contributed by atoms with Crippen molar-refractivity contribution in [1.29, 1.82) is 0 Å². The van der Waals surface area contributed by atoms with Crippen molar-refractivity contribution in [3.05, 3.63) is 86.9 Å². The van der Waals surface area contributed by atoms with Crippen LogP contribution in [0.1, 0.15) is 15.9 Å². The Morgan fingerprint density at radius 3 is 2.45 bits per heavy atom. The van der Waals surface area contributed by atoms with E-state index in [9.17, 15) is 9.59 Å². The summed E-state index contributed by atoms with van der Waals surface area (Å²) in [4.78, 5) is 24.3. The SMILES string of the molecule is COc1cc(/C=N\NC(=O)COc2ccccc2Cl)ccc1OC(=O)c1ccc(Cl)cc1Cl. The Morgan fingerprint density at radius 1 is 0.939 bits per heavy atom.